The van der Waals surface area contributed by atoms with Crippen LogP contribution < -0.4 is 19.7 Å². The van der Waals surface area contributed by atoms with Crippen LogP contribution in [0.15, 0.2) is 66.2 Å². The van der Waals surface area contributed by atoms with E-state index in [9.17, 15) is 18.8 Å². The highest BCUT2D eigenvalue weighted by Crippen LogP contribution is 2.31. The number of halogens is 1. The van der Waals surface area contributed by atoms with Crippen LogP contribution >= 0.6 is 0 Å². The summed E-state index contributed by atoms with van der Waals surface area (Å²) in [5, 5.41) is 2.23. The molecule has 7 nitrogen and oxygen atoms in total. The molecule has 0 unspecified atom stereocenters. The summed E-state index contributed by atoms with van der Waals surface area (Å²) < 4.78 is 24.3. The van der Waals surface area contributed by atoms with Crippen LogP contribution in [-0.2, 0) is 16.2 Å². The zero-order valence-corrected chi connectivity index (χ0v) is 19.4. The third-order valence-corrected chi connectivity index (χ3v) is 5.72. The zero-order valence-electron chi connectivity index (χ0n) is 19.4. The van der Waals surface area contributed by atoms with Gasteiger partial charge in [-0.25, -0.2) is 14.1 Å². The summed E-state index contributed by atoms with van der Waals surface area (Å²) >= 11 is 0. The number of carbonyl (C=O) groups is 3. The Morgan fingerprint density at radius 3 is 2.43 bits per heavy atom. The molecule has 1 saturated heterocycles. The maximum absolute atomic E-state index is 13.2. The van der Waals surface area contributed by atoms with E-state index < -0.39 is 17.8 Å². The number of methoxy groups -OCH3 is 1. The number of hydrogen-bond donors (Lipinski definition) is 1. The quantitative estimate of drug-likeness (QED) is 0.414. The Kier molecular flexibility index (Phi) is 6.64. The Morgan fingerprint density at radius 2 is 1.71 bits per heavy atom. The summed E-state index contributed by atoms with van der Waals surface area (Å²) in [6.45, 7) is 3.88. The number of barbiturate groups is 1. The Bertz CT molecular complexity index is 1350. The number of amides is 4. The lowest BCUT2D eigenvalue weighted by atomic mass is 10.0. The van der Waals surface area contributed by atoms with E-state index in [4.69, 9.17) is 9.47 Å². The van der Waals surface area contributed by atoms with Gasteiger partial charge >= 0.3 is 6.03 Å². The second kappa shape index (κ2) is 9.80. The molecule has 35 heavy (non-hydrogen) atoms. The first-order valence-corrected chi connectivity index (χ1v) is 10.8. The van der Waals surface area contributed by atoms with E-state index in [1.54, 1.807) is 49.4 Å². The van der Waals surface area contributed by atoms with Gasteiger partial charge in [0, 0.05) is 0 Å². The lowest BCUT2D eigenvalue weighted by Gasteiger charge is -2.28. The Hall–Kier alpha value is -4.46. The van der Waals surface area contributed by atoms with Gasteiger partial charge in [0.05, 0.1) is 12.8 Å². The van der Waals surface area contributed by atoms with Crippen molar-refractivity contribution >= 4 is 29.6 Å². The molecule has 4 rings (SSSR count). The van der Waals surface area contributed by atoms with E-state index in [0.29, 0.717) is 22.7 Å². The predicted molar refractivity (Wildman–Crippen MR) is 129 cm³/mol. The van der Waals surface area contributed by atoms with Crippen LogP contribution in [0.5, 0.6) is 11.5 Å². The summed E-state index contributed by atoms with van der Waals surface area (Å²) in [7, 11) is 1.47. The van der Waals surface area contributed by atoms with Crippen molar-refractivity contribution in [2.45, 2.75) is 20.5 Å². The van der Waals surface area contributed by atoms with Crippen LogP contribution in [0.3, 0.4) is 0 Å². The van der Waals surface area contributed by atoms with Crippen molar-refractivity contribution in [1.82, 2.24) is 5.32 Å². The molecule has 178 valence electrons. The van der Waals surface area contributed by atoms with Crippen molar-refractivity contribution in [3.05, 3.63) is 94.3 Å². The maximum Gasteiger partial charge on any atom is 0.335 e. The Labute approximate surface area is 201 Å². The largest absolute Gasteiger partial charge is 0.493 e. The summed E-state index contributed by atoms with van der Waals surface area (Å²) in [4.78, 5) is 39.2. The number of carbonyl (C=O) groups excluding carboxylic acids is 3. The average molecular weight is 474 g/mol. The molecule has 4 amide bonds. The van der Waals surface area contributed by atoms with Gasteiger partial charge in [-0.1, -0.05) is 30.3 Å². The zero-order chi connectivity index (χ0) is 25.1. The first-order valence-electron chi connectivity index (χ1n) is 10.8. The van der Waals surface area contributed by atoms with Crippen LogP contribution in [0.25, 0.3) is 6.08 Å². The van der Waals surface area contributed by atoms with Crippen LogP contribution in [0, 0.1) is 19.7 Å². The van der Waals surface area contributed by atoms with Gasteiger partial charge in [0.25, 0.3) is 11.8 Å². The van der Waals surface area contributed by atoms with Crippen LogP contribution in [0.4, 0.5) is 14.9 Å². The highest BCUT2D eigenvalue weighted by Gasteiger charge is 2.37. The Morgan fingerprint density at radius 1 is 0.971 bits per heavy atom. The second-order valence-electron chi connectivity index (χ2n) is 8.00. The number of imide groups is 2. The molecule has 0 bridgehead atoms. The van der Waals surface area contributed by atoms with Crippen molar-refractivity contribution in [2.75, 3.05) is 12.0 Å². The van der Waals surface area contributed by atoms with Gasteiger partial charge in [-0.15, -0.1) is 0 Å². The molecule has 8 heteroatoms. The van der Waals surface area contributed by atoms with Crippen LogP contribution in [0.2, 0.25) is 0 Å². The third kappa shape index (κ3) is 4.91. The van der Waals surface area contributed by atoms with Crippen molar-refractivity contribution in [3.63, 3.8) is 0 Å². The molecule has 1 aliphatic heterocycles. The molecule has 1 N–H and O–H groups in total. The molecule has 3 aromatic carbocycles. The fraction of sp³-hybridized carbons (Fsp3) is 0.148. The number of anilines is 1. The van der Waals surface area contributed by atoms with Gasteiger partial charge in [-0.3, -0.25) is 14.9 Å². The minimum absolute atomic E-state index is 0.187. The average Bonchev–Trinajstić information content (AvgIpc) is 2.84. The predicted octanol–water partition coefficient (Wildman–Crippen LogP) is 4.70. The van der Waals surface area contributed by atoms with Crippen molar-refractivity contribution in [1.29, 1.82) is 0 Å². The van der Waals surface area contributed by atoms with Gasteiger partial charge in [0.15, 0.2) is 11.5 Å². The summed E-state index contributed by atoms with van der Waals surface area (Å²) in [5.41, 5.74) is 3.17. The van der Waals surface area contributed by atoms with E-state index in [2.05, 4.69) is 5.32 Å². The summed E-state index contributed by atoms with van der Waals surface area (Å²) in [6.07, 6.45) is 1.40. The normalized spacial score (nSPS) is 14.8. The molecule has 1 heterocycles. The number of nitrogens with zero attached hydrogens (tertiary/aromatic N) is 1. The molecule has 1 aliphatic rings. The molecule has 1 fully saturated rings. The number of urea groups is 1. The van der Waals surface area contributed by atoms with E-state index >= 15 is 0 Å². The lowest BCUT2D eigenvalue weighted by Crippen LogP contribution is -2.54. The van der Waals surface area contributed by atoms with Gasteiger partial charge in [0.2, 0.25) is 0 Å². The smallest absolute Gasteiger partial charge is 0.335 e. The molecule has 0 aliphatic carbocycles. The van der Waals surface area contributed by atoms with Crippen LogP contribution in [-0.4, -0.2) is 25.0 Å². The van der Waals surface area contributed by atoms with Crippen molar-refractivity contribution in [2.24, 2.45) is 0 Å². The summed E-state index contributed by atoms with van der Waals surface area (Å²) in [5.74, 6) is -1.01. The van der Waals surface area contributed by atoms with E-state index in [1.165, 1.54) is 25.3 Å². The number of nitrogens with one attached hydrogen (secondary N) is 1. The van der Waals surface area contributed by atoms with E-state index in [-0.39, 0.29) is 18.0 Å². The minimum Gasteiger partial charge on any atom is -0.493 e. The fourth-order valence-electron chi connectivity index (χ4n) is 3.66. The molecule has 0 atom stereocenters. The van der Waals surface area contributed by atoms with Gasteiger partial charge < -0.3 is 9.47 Å². The minimum atomic E-state index is -0.798. The molecule has 0 spiro atoms. The van der Waals surface area contributed by atoms with Gasteiger partial charge in [-0.05, 0) is 72.5 Å². The van der Waals surface area contributed by atoms with Crippen molar-refractivity contribution < 1.29 is 28.2 Å². The highest BCUT2D eigenvalue weighted by molar-refractivity contribution is 6.39. The van der Waals surface area contributed by atoms with Crippen molar-refractivity contribution in [3.8, 4) is 11.5 Å². The van der Waals surface area contributed by atoms with Gasteiger partial charge in [-0.2, -0.15) is 0 Å². The molecule has 0 aromatic heterocycles. The van der Waals surface area contributed by atoms with Gasteiger partial charge in [0.1, 0.15) is 18.0 Å². The van der Waals surface area contributed by atoms with E-state index in [1.807, 2.05) is 13.0 Å². The summed E-state index contributed by atoms with van der Waals surface area (Å²) in [6, 6.07) is 15.3. The number of hydrogen-bond acceptors (Lipinski definition) is 5. The lowest BCUT2D eigenvalue weighted by molar-refractivity contribution is -0.122. The monoisotopic (exact) mass is 474 g/mol. The molecular weight excluding hydrogens is 451 g/mol. The Balaban J connectivity index is 1.61. The maximum atomic E-state index is 13.2. The number of benzene rings is 3. The third-order valence-electron chi connectivity index (χ3n) is 5.72. The topological polar surface area (TPSA) is 84.9 Å². The molecule has 3 aromatic rings. The standard InChI is InChI=1S/C27H23FN2O5/c1-16-5-4-6-22(17(16)2)30-26(32)21(25(31)29-27(30)33)13-19-9-12-23(24(14-19)34-3)35-15-18-7-10-20(28)11-8-18/h4-14H,15H2,1-3H3,(H,29,31,33)/b21-13+. The highest BCUT2D eigenvalue weighted by atomic mass is 19.1. The molecule has 0 radical (unpaired) electrons. The number of aryl methyl sites for hydroxylation is 1. The van der Waals surface area contributed by atoms with E-state index in [0.717, 1.165) is 21.6 Å². The molecular formula is C27H23FN2O5. The SMILES string of the molecule is COc1cc(/C=C2\C(=O)NC(=O)N(c3cccc(C)c3C)C2=O)ccc1OCc1ccc(F)cc1. The molecule has 0 saturated carbocycles. The first kappa shape index (κ1) is 23.7. The van der Waals surface area contributed by atoms with Crippen LogP contribution in [0.1, 0.15) is 22.3 Å². The second-order valence-corrected chi connectivity index (χ2v) is 8.00. The number of rotatable bonds is 6. The fourth-order valence-corrected chi connectivity index (χ4v) is 3.66. The number of ether oxygens (including phenoxy) is 2. The first-order chi connectivity index (χ1) is 16.8.